The predicted octanol–water partition coefficient (Wildman–Crippen LogP) is 1.22. The first kappa shape index (κ1) is 15.4. The number of phenols is 1. The van der Waals surface area contributed by atoms with Crippen molar-refractivity contribution in [2.75, 3.05) is 5.32 Å². The van der Waals surface area contributed by atoms with E-state index < -0.39 is 29.3 Å². The largest absolute Gasteiger partial charge is 0.508 e. The van der Waals surface area contributed by atoms with Gasteiger partial charge in [0.05, 0.1) is 11.3 Å². The number of aromatic carboxylic acids is 1. The number of cyclic esters (lactones) is 2. The zero-order chi connectivity index (χ0) is 16.5. The van der Waals surface area contributed by atoms with Gasteiger partial charge in [0.1, 0.15) is 5.75 Å². The highest BCUT2D eigenvalue weighted by molar-refractivity contribution is 6.15. The van der Waals surface area contributed by atoms with E-state index in [0.717, 1.165) is 12.3 Å². The number of carboxylic acids is 1. The molecule has 0 bridgehead atoms. The molecule has 22 heavy (non-hydrogen) atoms. The maximum Gasteiger partial charge on any atom is 0.350 e. The van der Waals surface area contributed by atoms with Crippen LogP contribution < -0.4 is 5.32 Å². The van der Waals surface area contributed by atoms with Crippen molar-refractivity contribution in [3.05, 3.63) is 35.5 Å². The highest BCUT2D eigenvalue weighted by atomic mass is 16.7. The maximum absolute atomic E-state index is 11.7. The third-order valence-corrected chi connectivity index (χ3v) is 2.72. The molecule has 8 nitrogen and oxygen atoms in total. The fraction of sp³-hybridized carbons (Fsp3) is 0.214. The Morgan fingerprint density at radius 2 is 1.82 bits per heavy atom. The Labute approximate surface area is 125 Å². The molecule has 8 heteroatoms. The minimum absolute atomic E-state index is 0.0863. The van der Waals surface area contributed by atoms with E-state index in [1.165, 1.54) is 26.0 Å². The van der Waals surface area contributed by atoms with Crippen LogP contribution in [0.1, 0.15) is 24.2 Å². The molecule has 1 aliphatic rings. The molecule has 0 spiro atoms. The van der Waals surface area contributed by atoms with E-state index in [0.29, 0.717) is 0 Å². The average molecular weight is 307 g/mol. The van der Waals surface area contributed by atoms with Gasteiger partial charge in [0.25, 0.3) is 5.79 Å². The minimum Gasteiger partial charge on any atom is -0.508 e. The molecule has 3 N–H and O–H groups in total. The molecule has 1 aromatic carbocycles. The van der Waals surface area contributed by atoms with Gasteiger partial charge in [-0.2, -0.15) is 0 Å². The molecule has 116 valence electrons. The number of hydrogen-bond acceptors (Lipinski definition) is 7. The van der Waals surface area contributed by atoms with E-state index in [4.69, 9.17) is 14.6 Å². The number of ether oxygens (including phenoxy) is 2. The van der Waals surface area contributed by atoms with Gasteiger partial charge in [0, 0.05) is 20.0 Å². The number of benzene rings is 1. The molecule has 1 heterocycles. The van der Waals surface area contributed by atoms with Gasteiger partial charge < -0.3 is 25.0 Å². The van der Waals surface area contributed by atoms with Crippen LogP contribution in [0.5, 0.6) is 5.75 Å². The molecule has 1 aromatic rings. The summed E-state index contributed by atoms with van der Waals surface area (Å²) in [5.74, 6) is -4.63. The van der Waals surface area contributed by atoms with Crippen molar-refractivity contribution in [2.24, 2.45) is 0 Å². The lowest BCUT2D eigenvalue weighted by Gasteiger charge is -2.29. The maximum atomic E-state index is 11.7. The zero-order valence-corrected chi connectivity index (χ0v) is 11.7. The van der Waals surface area contributed by atoms with Gasteiger partial charge in [0.15, 0.2) is 5.57 Å². The number of carboxylic acid groups (broad SMARTS) is 1. The third kappa shape index (κ3) is 3.17. The van der Waals surface area contributed by atoms with Crippen LogP contribution in [-0.4, -0.2) is 33.9 Å². The quantitative estimate of drug-likeness (QED) is 0.330. The highest BCUT2D eigenvalue weighted by Gasteiger charge is 2.39. The molecule has 0 radical (unpaired) electrons. The summed E-state index contributed by atoms with van der Waals surface area (Å²) in [6.45, 7) is 2.82. The lowest BCUT2D eigenvalue weighted by molar-refractivity contribution is -0.222. The van der Waals surface area contributed by atoms with Crippen molar-refractivity contribution in [2.45, 2.75) is 19.6 Å². The van der Waals surface area contributed by atoms with Gasteiger partial charge >= 0.3 is 17.9 Å². The first-order valence-electron chi connectivity index (χ1n) is 6.19. The SMILES string of the molecule is CC1(C)OC(=O)C(=CNc2ccc(O)cc2C(=O)O)C(=O)O1. The Bertz CT molecular complexity index is 668. The Morgan fingerprint density at radius 1 is 1.23 bits per heavy atom. The summed E-state index contributed by atoms with van der Waals surface area (Å²) in [6, 6.07) is 3.58. The van der Waals surface area contributed by atoms with Gasteiger partial charge in [-0.1, -0.05) is 0 Å². The number of rotatable bonds is 3. The van der Waals surface area contributed by atoms with Gasteiger partial charge in [-0.25, -0.2) is 14.4 Å². The van der Waals surface area contributed by atoms with Crippen molar-refractivity contribution >= 4 is 23.6 Å². The molecule has 0 unspecified atom stereocenters. The Hall–Kier alpha value is -3.03. The molecule has 0 aliphatic carbocycles. The number of carbonyl (C=O) groups excluding carboxylic acids is 2. The first-order chi connectivity index (χ1) is 10.2. The van der Waals surface area contributed by atoms with E-state index in [1.54, 1.807) is 0 Å². The molecular weight excluding hydrogens is 294 g/mol. The second kappa shape index (κ2) is 5.40. The summed E-state index contributed by atoms with van der Waals surface area (Å²) in [6.07, 6.45) is 0.999. The number of esters is 2. The van der Waals surface area contributed by atoms with Crippen molar-refractivity contribution in [3.8, 4) is 5.75 Å². The Morgan fingerprint density at radius 3 is 2.36 bits per heavy atom. The van der Waals surface area contributed by atoms with E-state index in [9.17, 15) is 19.5 Å². The first-order valence-corrected chi connectivity index (χ1v) is 6.19. The number of hydrogen-bond donors (Lipinski definition) is 3. The van der Waals surface area contributed by atoms with Crippen LogP contribution >= 0.6 is 0 Å². The zero-order valence-electron chi connectivity index (χ0n) is 11.7. The smallest absolute Gasteiger partial charge is 0.350 e. The minimum atomic E-state index is -1.35. The molecule has 0 amide bonds. The second-order valence-corrected chi connectivity index (χ2v) is 4.92. The van der Waals surface area contributed by atoms with Crippen LogP contribution in [0.3, 0.4) is 0 Å². The number of aromatic hydroxyl groups is 1. The number of phenolic OH excluding ortho intramolecular Hbond substituents is 1. The Balaban J connectivity index is 2.27. The number of carbonyl (C=O) groups is 3. The molecular formula is C14H13NO7. The summed E-state index contributed by atoms with van der Waals surface area (Å²) in [5, 5.41) is 20.9. The van der Waals surface area contributed by atoms with Crippen LogP contribution in [0.15, 0.2) is 30.0 Å². The Kier molecular flexibility index (Phi) is 3.77. The third-order valence-electron chi connectivity index (χ3n) is 2.72. The molecule has 1 fully saturated rings. The monoisotopic (exact) mass is 307 g/mol. The van der Waals surface area contributed by atoms with Gasteiger partial charge in [-0.15, -0.1) is 0 Å². The van der Waals surface area contributed by atoms with Gasteiger partial charge in [-0.05, 0) is 18.2 Å². The van der Waals surface area contributed by atoms with E-state index >= 15 is 0 Å². The van der Waals surface area contributed by atoms with E-state index in [1.807, 2.05) is 0 Å². The lowest BCUT2D eigenvalue weighted by atomic mass is 10.1. The number of anilines is 1. The van der Waals surface area contributed by atoms with E-state index in [2.05, 4.69) is 5.32 Å². The summed E-state index contributed by atoms with van der Waals surface area (Å²) in [7, 11) is 0. The molecule has 1 aliphatic heterocycles. The molecule has 0 aromatic heterocycles. The van der Waals surface area contributed by atoms with Gasteiger partial charge in [0.2, 0.25) is 0 Å². The number of nitrogens with one attached hydrogen (secondary N) is 1. The predicted molar refractivity (Wildman–Crippen MR) is 73.0 cm³/mol. The van der Waals surface area contributed by atoms with Crippen LogP contribution in [0, 0.1) is 0 Å². The topological polar surface area (TPSA) is 122 Å². The van der Waals surface area contributed by atoms with Crippen LogP contribution in [0.2, 0.25) is 0 Å². The van der Waals surface area contributed by atoms with Crippen molar-refractivity contribution in [1.29, 1.82) is 0 Å². The summed E-state index contributed by atoms with van der Waals surface area (Å²) in [4.78, 5) is 34.5. The fourth-order valence-electron chi connectivity index (χ4n) is 1.76. The normalized spacial score (nSPS) is 16.5. The molecule has 0 saturated carbocycles. The summed E-state index contributed by atoms with van der Waals surface area (Å²) < 4.78 is 9.79. The van der Waals surface area contributed by atoms with Crippen LogP contribution in [0.25, 0.3) is 0 Å². The molecule has 0 atom stereocenters. The highest BCUT2D eigenvalue weighted by Crippen LogP contribution is 2.24. The average Bonchev–Trinajstić information content (AvgIpc) is 2.37. The van der Waals surface area contributed by atoms with Gasteiger partial charge in [-0.3, -0.25) is 0 Å². The summed E-state index contributed by atoms with van der Waals surface area (Å²) in [5.41, 5.74) is -0.540. The van der Waals surface area contributed by atoms with Crippen molar-refractivity contribution in [3.63, 3.8) is 0 Å². The van der Waals surface area contributed by atoms with Crippen LogP contribution in [0.4, 0.5) is 5.69 Å². The standard InChI is InChI=1S/C14H13NO7/c1-14(2)21-12(19)9(13(20)22-14)6-15-10-4-3-7(16)5-8(10)11(17)18/h3-6,15-16H,1-2H3,(H,17,18). The van der Waals surface area contributed by atoms with Crippen LogP contribution in [-0.2, 0) is 19.1 Å². The molecule has 2 rings (SSSR count). The second-order valence-electron chi connectivity index (χ2n) is 4.92. The summed E-state index contributed by atoms with van der Waals surface area (Å²) >= 11 is 0. The fourth-order valence-corrected chi connectivity index (χ4v) is 1.76. The van der Waals surface area contributed by atoms with E-state index in [-0.39, 0.29) is 17.0 Å². The molecule has 1 saturated heterocycles. The van der Waals surface area contributed by atoms with Crippen molar-refractivity contribution in [1.82, 2.24) is 0 Å². The van der Waals surface area contributed by atoms with Crippen molar-refractivity contribution < 1.29 is 34.1 Å². The lowest BCUT2D eigenvalue weighted by Crippen LogP contribution is -2.42.